The number of terminal acetylenes is 1. The van der Waals surface area contributed by atoms with Crippen LogP contribution < -0.4 is 5.32 Å². The summed E-state index contributed by atoms with van der Waals surface area (Å²) in [5.74, 6) is 0.443. The Bertz CT molecular complexity index is 597. The Labute approximate surface area is 107 Å². The molecule has 5 heteroatoms. The molecule has 0 aliphatic carbocycles. The lowest BCUT2D eigenvalue weighted by molar-refractivity contribution is -0.113. The second-order valence-corrected chi connectivity index (χ2v) is 6.10. The summed E-state index contributed by atoms with van der Waals surface area (Å²) in [6, 6.07) is 5.45. The van der Waals surface area contributed by atoms with Crippen LogP contribution in [0, 0.1) is 26.2 Å². The number of hydrogen-bond acceptors (Lipinski definition) is 3. The van der Waals surface area contributed by atoms with Crippen molar-refractivity contribution in [3.8, 4) is 12.3 Å². The number of carbonyl (C=O) groups excluding carboxylic acids is 1. The molecule has 1 aromatic carbocycles. The van der Waals surface area contributed by atoms with Crippen molar-refractivity contribution in [1.82, 2.24) is 0 Å². The van der Waals surface area contributed by atoms with Crippen molar-refractivity contribution in [2.45, 2.75) is 13.8 Å². The summed E-state index contributed by atoms with van der Waals surface area (Å²) in [6.45, 7) is 3.78. The molecule has 0 fully saturated rings. The zero-order valence-electron chi connectivity index (χ0n) is 10.4. The molecule has 1 N–H and O–H groups in total. The molecule has 0 aliphatic rings. The molecule has 0 saturated carbocycles. The van der Waals surface area contributed by atoms with E-state index >= 15 is 0 Å². The molecule has 96 valence electrons. The minimum absolute atomic E-state index is 0.423. The topological polar surface area (TPSA) is 63.2 Å². The third kappa shape index (κ3) is 3.90. The SMILES string of the molecule is C#CCS(=O)(=O)CC(=O)Nc1cccc(C)c1C. The van der Waals surface area contributed by atoms with Gasteiger partial charge in [-0.3, -0.25) is 4.79 Å². The number of nitrogens with one attached hydrogen (secondary N) is 1. The maximum Gasteiger partial charge on any atom is 0.239 e. The maximum absolute atomic E-state index is 11.6. The van der Waals surface area contributed by atoms with Crippen molar-refractivity contribution in [3.05, 3.63) is 29.3 Å². The molecule has 0 unspecified atom stereocenters. The van der Waals surface area contributed by atoms with Crippen LogP contribution in [-0.2, 0) is 14.6 Å². The number of benzene rings is 1. The van der Waals surface area contributed by atoms with E-state index in [0.717, 1.165) is 11.1 Å². The standard InChI is InChI=1S/C13H15NO3S/c1-4-8-18(16,17)9-13(15)14-12-7-5-6-10(2)11(12)3/h1,5-7H,8-9H2,2-3H3,(H,14,15). The third-order valence-corrected chi connectivity index (χ3v) is 3.84. The highest BCUT2D eigenvalue weighted by Gasteiger charge is 2.16. The Hall–Kier alpha value is -1.80. The first-order valence-electron chi connectivity index (χ1n) is 5.35. The van der Waals surface area contributed by atoms with Crippen LogP contribution in [-0.4, -0.2) is 25.8 Å². The second kappa shape index (κ2) is 5.69. The Balaban J connectivity index is 2.78. The van der Waals surface area contributed by atoms with Gasteiger partial charge in [-0.2, -0.15) is 0 Å². The van der Waals surface area contributed by atoms with Gasteiger partial charge in [-0.05, 0) is 31.0 Å². The number of aryl methyl sites for hydroxylation is 1. The Morgan fingerprint density at radius 1 is 1.39 bits per heavy atom. The zero-order valence-corrected chi connectivity index (χ0v) is 11.2. The average molecular weight is 265 g/mol. The Kier molecular flexibility index (Phi) is 4.51. The quantitative estimate of drug-likeness (QED) is 0.834. The molecule has 1 aromatic rings. The Morgan fingerprint density at radius 2 is 2.06 bits per heavy atom. The van der Waals surface area contributed by atoms with Crippen LogP contribution >= 0.6 is 0 Å². The third-order valence-electron chi connectivity index (χ3n) is 2.53. The molecule has 1 amide bonds. The van der Waals surface area contributed by atoms with E-state index < -0.39 is 27.3 Å². The highest BCUT2D eigenvalue weighted by atomic mass is 32.2. The van der Waals surface area contributed by atoms with Gasteiger partial charge in [-0.15, -0.1) is 6.42 Å². The summed E-state index contributed by atoms with van der Waals surface area (Å²) in [5.41, 5.74) is 2.57. The van der Waals surface area contributed by atoms with Gasteiger partial charge in [0.1, 0.15) is 11.5 Å². The van der Waals surface area contributed by atoms with E-state index in [2.05, 4.69) is 5.32 Å². The fourth-order valence-electron chi connectivity index (χ4n) is 1.45. The number of carbonyl (C=O) groups is 1. The normalized spacial score (nSPS) is 10.7. The van der Waals surface area contributed by atoms with Gasteiger partial charge in [0.2, 0.25) is 5.91 Å². The van der Waals surface area contributed by atoms with Crippen molar-refractivity contribution in [2.24, 2.45) is 0 Å². The summed E-state index contributed by atoms with van der Waals surface area (Å²) in [4.78, 5) is 11.6. The summed E-state index contributed by atoms with van der Waals surface area (Å²) in [6.07, 6.45) is 4.93. The van der Waals surface area contributed by atoms with Crippen molar-refractivity contribution < 1.29 is 13.2 Å². The van der Waals surface area contributed by atoms with E-state index in [1.807, 2.05) is 25.8 Å². The maximum atomic E-state index is 11.6. The minimum Gasteiger partial charge on any atom is -0.325 e. The van der Waals surface area contributed by atoms with E-state index in [-0.39, 0.29) is 0 Å². The van der Waals surface area contributed by atoms with Gasteiger partial charge in [0.25, 0.3) is 0 Å². The van der Waals surface area contributed by atoms with Gasteiger partial charge in [0.05, 0.1) is 0 Å². The lowest BCUT2D eigenvalue weighted by Gasteiger charge is -2.10. The number of amides is 1. The van der Waals surface area contributed by atoms with E-state index in [4.69, 9.17) is 6.42 Å². The second-order valence-electron chi connectivity index (χ2n) is 4.03. The molecule has 18 heavy (non-hydrogen) atoms. The van der Waals surface area contributed by atoms with Crippen LogP contribution in [0.15, 0.2) is 18.2 Å². The predicted molar refractivity (Wildman–Crippen MR) is 72.0 cm³/mol. The van der Waals surface area contributed by atoms with Crippen LogP contribution in [0.1, 0.15) is 11.1 Å². The van der Waals surface area contributed by atoms with Crippen LogP contribution in [0.25, 0.3) is 0 Å². The average Bonchev–Trinajstić information content (AvgIpc) is 2.23. The van der Waals surface area contributed by atoms with Crippen LogP contribution in [0.2, 0.25) is 0 Å². The van der Waals surface area contributed by atoms with Gasteiger partial charge < -0.3 is 5.32 Å². The molecule has 1 rings (SSSR count). The van der Waals surface area contributed by atoms with Gasteiger partial charge >= 0.3 is 0 Å². The first-order chi connectivity index (χ1) is 8.35. The highest BCUT2D eigenvalue weighted by molar-refractivity contribution is 7.92. The minimum atomic E-state index is -3.52. The fraction of sp³-hybridized carbons (Fsp3) is 0.308. The smallest absolute Gasteiger partial charge is 0.239 e. The van der Waals surface area contributed by atoms with Crippen molar-refractivity contribution in [2.75, 3.05) is 16.8 Å². The highest BCUT2D eigenvalue weighted by Crippen LogP contribution is 2.17. The van der Waals surface area contributed by atoms with Crippen LogP contribution in [0.5, 0.6) is 0 Å². The first-order valence-corrected chi connectivity index (χ1v) is 7.18. The van der Waals surface area contributed by atoms with Crippen molar-refractivity contribution in [3.63, 3.8) is 0 Å². The molecular weight excluding hydrogens is 250 g/mol. The number of hydrogen-bond donors (Lipinski definition) is 1. The fourth-order valence-corrected chi connectivity index (χ4v) is 2.28. The van der Waals surface area contributed by atoms with E-state index in [0.29, 0.717) is 5.69 Å². The van der Waals surface area contributed by atoms with E-state index in [1.165, 1.54) is 0 Å². The lowest BCUT2D eigenvalue weighted by atomic mass is 10.1. The van der Waals surface area contributed by atoms with E-state index in [9.17, 15) is 13.2 Å². The molecule has 0 saturated heterocycles. The van der Waals surface area contributed by atoms with Crippen LogP contribution in [0.4, 0.5) is 5.69 Å². The molecule has 0 aromatic heterocycles. The number of rotatable bonds is 4. The molecule has 0 bridgehead atoms. The van der Waals surface area contributed by atoms with Gasteiger partial charge in [-0.25, -0.2) is 8.42 Å². The molecule has 0 atom stereocenters. The molecule has 0 spiro atoms. The summed E-state index contributed by atoms with van der Waals surface area (Å²) in [5, 5.41) is 2.58. The van der Waals surface area contributed by atoms with Gasteiger partial charge in [-0.1, -0.05) is 18.1 Å². The molecule has 4 nitrogen and oxygen atoms in total. The van der Waals surface area contributed by atoms with E-state index in [1.54, 1.807) is 12.1 Å². The van der Waals surface area contributed by atoms with Crippen molar-refractivity contribution in [1.29, 1.82) is 0 Å². The zero-order chi connectivity index (χ0) is 13.8. The van der Waals surface area contributed by atoms with Crippen molar-refractivity contribution >= 4 is 21.4 Å². The van der Waals surface area contributed by atoms with Crippen LogP contribution in [0.3, 0.4) is 0 Å². The molecular formula is C13H15NO3S. The van der Waals surface area contributed by atoms with Gasteiger partial charge in [0, 0.05) is 5.69 Å². The largest absolute Gasteiger partial charge is 0.325 e. The molecule has 0 aliphatic heterocycles. The first kappa shape index (κ1) is 14.3. The predicted octanol–water partition coefficient (Wildman–Crippen LogP) is 1.29. The summed E-state index contributed by atoms with van der Waals surface area (Å²) >= 11 is 0. The monoisotopic (exact) mass is 265 g/mol. The Morgan fingerprint density at radius 3 is 2.67 bits per heavy atom. The van der Waals surface area contributed by atoms with Gasteiger partial charge in [0.15, 0.2) is 9.84 Å². The number of sulfone groups is 1. The summed E-state index contributed by atoms with van der Waals surface area (Å²) < 4.78 is 22.8. The number of anilines is 1. The lowest BCUT2D eigenvalue weighted by Crippen LogP contribution is -2.24. The molecule has 0 heterocycles. The molecule has 0 radical (unpaired) electrons. The summed E-state index contributed by atoms with van der Waals surface area (Å²) in [7, 11) is -3.52.